The van der Waals surface area contributed by atoms with Crippen LogP contribution in [0.15, 0.2) is 36.7 Å². The van der Waals surface area contributed by atoms with E-state index in [2.05, 4.69) is 20.2 Å². The molecular formula is C18H19N5O4. The topological polar surface area (TPSA) is 116 Å². The van der Waals surface area contributed by atoms with Gasteiger partial charge >= 0.3 is 5.97 Å². The fraction of sp³-hybridized carbons (Fsp3) is 0.278. The molecule has 2 aromatic rings. The molecule has 0 aliphatic carbocycles. The van der Waals surface area contributed by atoms with E-state index in [-0.39, 0.29) is 17.3 Å². The van der Waals surface area contributed by atoms with Crippen LogP contribution < -0.4 is 10.2 Å². The highest BCUT2D eigenvalue weighted by Gasteiger charge is 2.19. The monoisotopic (exact) mass is 369 g/mol. The van der Waals surface area contributed by atoms with Crippen molar-refractivity contribution in [2.75, 3.05) is 36.4 Å². The fourth-order valence-corrected chi connectivity index (χ4v) is 2.81. The highest BCUT2D eigenvalue weighted by molar-refractivity contribution is 6.03. The zero-order valence-corrected chi connectivity index (χ0v) is 14.8. The summed E-state index contributed by atoms with van der Waals surface area (Å²) in [5, 5.41) is 11.6. The number of amides is 2. The van der Waals surface area contributed by atoms with Crippen LogP contribution in [0.4, 0.5) is 11.4 Å². The maximum Gasteiger partial charge on any atom is 0.356 e. The molecule has 1 aromatic carbocycles. The SMILES string of the molecule is CC(=O)N1CCN(c2cccc(NC(=O)c3cnc(C(=O)O)cn3)c2)CC1. The lowest BCUT2D eigenvalue weighted by atomic mass is 10.2. The quantitative estimate of drug-likeness (QED) is 0.829. The third-order valence-corrected chi connectivity index (χ3v) is 4.30. The van der Waals surface area contributed by atoms with Crippen molar-refractivity contribution in [1.29, 1.82) is 0 Å². The molecule has 140 valence electrons. The lowest BCUT2D eigenvalue weighted by molar-refractivity contribution is -0.129. The number of aromatic nitrogens is 2. The molecular weight excluding hydrogens is 350 g/mol. The molecule has 1 saturated heterocycles. The lowest BCUT2D eigenvalue weighted by Gasteiger charge is -2.35. The minimum atomic E-state index is -1.20. The second-order valence-corrected chi connectivity index (χ2v) is 6.09. The molecule has 2 heterocycles. The van der Waals surface area contributed by atoms with Crippen molar-refractivity contribution in [3.8, 4) is 0 Å². The molecule has 0 unspecified atom stereocenters. The van der Waals surface area contributed by atoms with Crippen molar-refractivity contribution in [1.82, 2.24) is 14.9 Å². The Morgan fingerprint density at radius 1 is 1.04 bits per heavy atom. The first-order valence-corrected chi connectivity index (χ1v) is 8.41. The number of carboxylic acids is 1. The van der Waals surface area contributed by atoms with E-state index in [0.717, 1.165) is 31.2 Å². The Labute approximate surface area is 155 Å². The maximum absolute atomic E-state index is 12.3. The van der Waals surface area contributed by atoms with Gasteiger partial charge in [0.25, 0.3) is 5.91 Å². The van der Waals surface area contributed by atoms with Crippen LogP contribution in [0, 0.1) is 0 Å². The summed E-state index contributed by atoms with van der Waals surface area (Å²) in [5.74, 6) is -1.60. The van der Waals surface area contributed by atoms with Crippen molar-refractivity contribution in [3.63, 3.8) is 0 Å². The van der Waals surface area contributed by atoms with Gasteiger partial charge in [-0.25, -0.2) is 14.8 Å². The molecule has 1 aliphatic heterocycles. The molecule has 27 heavy (non-hydrogen) atoms. The van der Waals surface area contributed by atoms with E-state index in [0.29, 0.717) is 18.8 Å². The molecule has 1 aromatic heterocycles. The Morgan fingerprint density at radius 3 is 2.30 bits per heavy atom. The number of hydrogen-bond acceptors (Lipinski definition) is 6. The average molecular weight is 369 g/mol. The van der Waals surface area contributed by atoms with Crippen LogP contribution in [0.1, 0.15) is 27.9 Å². The summed E-state index contributed by atoms with van der Waals surface area (Å²) in [4.78, 5) is 46.0. The number of carboxylic acid groups (broad SMARTS) is 1. The maximum atomic E-state index is 12.3. The lowest BCUT2D eigenvalue weighted by Crippen LogP contribution is -2.48. The first-order chi connectivity index (χ1) is 12.9. The number of piperazine rings is 1. The molecule has 2 N–H and O–H groups in total. The van der Waals surface area contributed by atoms with Crippen molar-refractivity contribution in [2.24, 2.45) is 0 Å². The zero-order valence-electron chi connectivity index (χ0n) is 14.8. The summed E-state index contributed by atoms with van der Waals surface area (Å²) in [5.41, 5.74) is 1.35. The van der Waals surface area contributed by atoms with E-state index in [9.17, 15) is 14.4 Å². The smallest absolute Gasteiger partial charge is 0.356 e. The molecule has 0 bridgehead atoms. The van der Waals surface area contributed by atoms with Gasteiger partial charge in [0.15, 0.2) is 5.69 Å². The molecule has 0 saturated carbocycles. The normalized spacial score (nSPS) is 14.0. The summed E-state index contributed by atoms with van der Waals surface area (Å²) >= 11 is 0. The average Bonchev–Trinajstić information content (AvgIpc) is 2.68. The van der Waals surface area contributed by atoms with Crippen molar-refractivity contribution >= 4 is 29.2 Å². The van der Waals surface area contributed by atoms with Crippen LogP contribution >= 0.6 is 0 Å². The van der Waals surface area contributed by atoms with Crippen molar-refractivity contribution in [3.05, 3.63) is 48.0 Å². The standard InChI is InChI=1S/C18H19N5O4/c1-12(24)22-5-7-23(8-6-22)14-4-2-3-13(9-14)21-17(25)15-10-20-16(11-19-15)18(26)27/h2-4,9-11H,5-8H2,1H3,(H,21,25)(H,26,27). The van der Waals surface area contributed by atoms with Gasteiger partial charge in [-0.1, -0.05) is 6.07 Å². The number of hydrogen-bond donors (Lipinski definition) is 2. The number of rotatable bonds is 4. The van der Waals surface area contributed by atoms with Crippen molar-refractivity contribution < 1.29 is 19.5 Å². The first kappa shape index (κ1) is 18.3. The van der Waals surface area contributed by atoms with Crippen LogP contribution in [0.5, 0.6) is 0 Å². The van der Waals surface area contributed by atoms with Gasteiger partial charge in [0, 0.05) is 44.5 Å². The van der Waals surface area contributed by atoms with Gasteiger partial charge in [-0.3, -0.25) is 9.59 Å². The molecule has 0 spiro atoms. The van der Waals surface area contributed by atoms with Crippen LogP contribution in [0.25, 0.3) is 0 Å². The molecule has 0 atom stereocenters. The second kappa shape index (κ2) is 7.81. The van der Waals surface area contributed by atoms with Crippen LogP contribution in [-0.4, -0.2) is 63.9 Å². The highest BCUT2D eigenvalue weighted by Crippen LogP contribution is 2.21. The molecule has 1 fully saturated rings. The predicted molar refractivity (Wildman–Crippen MR) is 97.9 cm³/mol. The third-order valence-electron chi connectivity index (χ3n) is 4.30. The minimum absolute atomic E-state index is 0.0282. The summed E-state index contributed by atoms with van der Waals surface area (Å²) in [7, 11) is 0. The zero-order chi connectivity index (χ0) is 19.4. The summed E-state index contributed by atoms with van der Waals surface area (Å²) < 4.78 is 0. The Hall–Kier alpha value is -3.49. The third kappa shape index (κ3) is 4.38. The Morgan fingerprint density at radius 2 is 1.70 bits per heavy atom. The summed E-state index contributed by atoms with van der Waals surface area (Å²) in [6.07, 6.45) is 2.17. The van der Waals surface area contributed by atoms with E-state index in [1.807, 2.05) is 23.1 Å². The van der Waals surface area contributed by atoms with Gasteiger partial charge in [-0.05, 0) is 18.2 Å². The molecule has 9 nitrogen and oxygen atoms in total. The Bertz CT molecular complexity index is 860. The molecule has 9 heteroatoms. The number of carbonyl (C=O) groups excluding carboxylic acids is 2. The van der Waals surface area contributed by atoms with E-state index in [4.69, 9.17) is 5.11 Å². The van der Waals surface area contributed by atoms with Gasteiger partial charge in [-0.2, -0.15) is 0 Å². The van der Waals surface area contributed by atoms with Gasteiger partial charge in [0.2, 0.25) is 5.91 Å². The van der Waals surface area contributed by atoms with Gasteiger partial charge in [0.05, 0.1) is 12.4 Å². The Balaban J connectivity index is 1.66. The van der Waals surface area contributed by atoms with E-state index < -0.39 is 11.9 Å². The number of nitrogens with one attached hydrogen (secondary N) is 1. The highest BCUT2D eigenvalue weighted by atomic mass is 16.4. The fourth-order valence-electron chi connectivity index (χ4n) is 2.81. The van der Waals surface area contributed by atoms with Gasteiger partial charge in [0.1, 0.15) is 5.69 Å². The van der Waals surface area contributed by atoms with Gasteiger partial charge in [-0.15, -0.1) is 0 Å². The summed E-state index contributed by atoms with van der Waals surface area (Å²) in [6.45, 7) is 4.34. The number of benzene rings is 1. The molecule has 2 amide bonds. The number of nitrogens with zero attached hydrogens (tertiary/aromatic N) is 4. The number of aromatic carboxylic acids is 1. The van der Waals surface area contributed by atoms with E-state index in [1.165, 1.54) is 0 Å². The van der Waals surface area contributed by atoms with Crippen LogP contribution in [0.3, 0.4) is 0 Å². The number of carbonyl (C=O) groups is 3. The second-order valence-electron chi connectivity index (χ2n) is 6.09. The molecule has 0 radical (unpaired) electrons. The first-order valence-electron chi connectivity index (χ1n) is 8.41. The van der Waals surface area contributed by atoms with Crippen molar-refractivity contribution in [2.45, 2.75) is 6.92 Å². The van der Waals surface area contributed by atoms with Gasteiger partial charge < -0.3 is 20.2 Å². The summed E-state index contributed by atoms with van der Waals surface area (Å²) in [6, 6.07) is 7.38. The molecule has 1 aliphatic rings. The largest absolute Gasteiger partial charge is 0.476 e. The predicted octanol–water partition coefficient (Wildman–Crippen LogP) is 1.10. The minimum Gasteiger partial charge on any atom is -0.476 e. The molecule has 3 rings (SSSR count). The van der Waals surface area contributed by atoms with E-state index in [1.54, 1.807) is 13.0 Å². The Kier molecular flexibility index (Phi) is 5.30. The van der Waals surface area contributed by atoms with E-state index >= 15 is 0 Å². The van der Waals surface area contributed by atoms with Crippen LogP contribution in [-0.2, 0) is 4.79 Å². The van der Waals surface area contributed by atoms with Crippen LogP contribution in [0.2, 0.25) is 0 Å². The number of anilines is 2.